The summed E-state index contributed by atoms with van der Waals surface area (Å²) in [4.78, 5) is 26.6. The molecule has 2 amide bonds. The van der Waals surface area contributed by atoms with E-state index in [9.17, 15) is 9.59 Å². The maximum Gasteiger partial charge on any atom is 0.242 e. The molecule has 1 aromatic carbocycles. The third-order valence-electron chi connectivity index (χ3n) is 3.30. The molecular formula is C15H20N4O2. The van der Waals surface area contributed by atoms with Crippen LogP contribution in [-0.2, 0) is 16.1 Å². The first-order chi connectivity index (χ1) is 9.99. The Balaban J connectivity index is 1.95. The van der Waals surface area contributed by atoms with Crippen LogP contribution in [0.15, 0.2) is 30.5 Å². The minimum Gasteiger partial charge on any atom is -0.361 e. The molecule has 1 aromatic heterocycles. The Bertz CT molecular complexity index is 648. The van der Waals surface area contributed by atoms with Crippen molar-refractivity contribution in [2.45, 2.75) is 32.5 Å². The van der Waals surface area contributed by atoms with Gasteiger partial charge in [0.15, 0.2) is 0 Å². The number of hydrogen-bond donors (Lipinski definition) is 4. The summed E-state index contributed by atoms with van der Waals surface area (Å²) >= 11 is 0. The Hall–Kier alpha value is -2.34. The van der Waals surface area contributed by atoms with Crippen LogP contribution in [-0.4, -0.2) is 28.9 Å². The number of nitrogens with two attached hydrogens (primary N) is 1. The van der Waals surface area contributed by atoms with E-state index in [2.05, 4.69) is 15.6 Å². The first-order valence-electron chi connectivity index (χ1n) is 6.87. The topological polar surface area (TPSA) is 100 Å². The van der Waals surface area contributed by atoms with Gasteiger partial charge in [-0.3, -0.25) is 9.59 Å². The van der Waals surface area contributed by atoms with Crippen molar-refractivity contribution in [2.24, 2.45) is 5.73 Å². The van der Waals surface area contributed by atoms with Gasteiger partial charge in [-0.05, 0) is 31.5 Å². The molecule has 2 atom stereocenters. The fourth-order valence-electron chi connectivity index (χ4n) is 2.05. The van der Waals surface area contributed by atoms with E-state index >= 15 is 0 Å². The largest absolute Gasteiger partial charge is 0.361 e. The highest BCUT2D eigenvalue weighted by Crippen LogP contribution is 2.16. The van der Waals surface area contributed by atoms with Gasteiger partial charge >= 0.3 is 0 Å². The summed E-state index contributed by atoms with van der Waals surface area (Å²) in [6.07, 6.45) is 1.86. The number of amides is 2. The van der Waals surface area contributed by atoms with Crippen LogP contribution >= 0.6 is 0 Å². The van der Waals surface area contributed by atoms with Crippen molar-refractivity contribution in [3.05, 3.63) is 36.0 Å². The average Bonchev–Trinajstić information content (AvgIpc) is 2.93. The van der Waals surface area contributed by atoms with Gasteiger partial charge in [0.1, 0.15) is 6.04 Å². The summed E-state index contributed by atoms with van der Waals surface area (Å²) in [6.45, 7) is 3.62. The van der Waals surface area contributed by atoms with E-state index in [4.69, 9.17) is 5.73 Å². The molecule has 0 aliphatic rings. The van der Waals surface area contributed by atoms with E-state index in [1.807, 2.05) is 30.5 Å². The summed E-state index contributed by atoms with van der Waals surface area (Å²) in [7, 11) is 0. The van der Waals surface area contributed by atoms with Crippen LogP contribution in [0, 0.1) is 0 Å². The molecule has 21 heavy (non-hydrogen) atoms. The third kappa shape index (κ3) is 3.61. The zero-order chi connectivity index (χ0) is 15.4. The van der Waals surface area contributed by atoms with Crippen molar-refractivity contribution in [3.63, 3.8) is 0 Å². The van der Waals surface area contributed by atoms with E-state index in [0.29, 0.717) is 6.54 Å². The molecule has 2 unspecified atom stereocenters. The van der Waals surface area contributed by atoms with Crippen molar-refractivity contribution in [2.75, 3.05) is 0 Å². The third-order valence-corrected chi connectivity index (χ3v) is 3.30. The molecule has 0 radical (unpaired) electrons. The van der Waals surface area contributed by atoms with Crippen molar-refractivity contribution >= 4 is 22.7 Å². The van der Waals surface area contributed by atoms with E-state index in [1.54, 1.807) is 13.8 Å². The van der Waals surface area contributed by atoms with Crippen LogP contribution in [0.1, 0.15) is 19.4 Å². The van der Waals surface area contributed by atoms with E-state index < -0.39 is 12.1 Å². The van der Waals surface area contributed by atoms with E-state index in [0.717, 1.165) is 16.5 Å². The minimum absolute atomic E-state index is 0.239. The van der Waals surface area contributed by atoms with Gasteiger partial charge in [0.2, 0.25) is 11.8 Å². The van der Waals surface area contributed by atoms with Gasteiger partial charge in [-0.25, -0.2) is 0 Å². The van der Waals surface area contributed by atoms with Gasteiger partial charge in [-0.2, -0.15) is 0 Å². The predicted octanol–water partition coefficient (Wildman–Crippen LogP) is 0.636. The zero-order valence-electron chi connectivity index (χ0n) is 12.1. The van der Waals surface area contributed by atoms with Crippen LogP contribution in [0.5, 0.6) is 0 Å². The van der Waals surface area contributed by atoms with Crippen molar-refractivity contribution in [1.29, 1.82) is 0 Å². The quantitative estimate of drug-likeness (QED) is 0.649. The second-order valence-electron chi connectivity index (χ2n) is 5.09. The Labute approximate surface area is 123 Å². The smallest absolute Gasteiger partial charge is 0.242 e. The second kappa shape index (κ2) is 6.41. The number of rotatable bonds is 5. The minimum atomic E-state index is -0.631. The molecule has 0 fully saturated rings. The molecule has 0 aliphatic heterocycles. The number of nitrogens with one attached hydrogen (secondary N) is 3. The van der Waals surface area contributed by atoms with Crippen molar-refractivity contribution in [1.82, 2.24) is 15.6 Å². The molecule has 0 bridgehead atoms. The standard InChI is InChI=1S/C15H20N4O2/c1-9(16)14(20)19-10(2)15(21)18-8-11-4-3-5-13-12(11)6-7-17-13/h3-7,9-10,17H,8,16H2,1-2H3,(H,18,21)(H,19,20). The molecule has 112 valence electrons. The molecule has 2 aromatic rings. The van der Waals surface area contributed by atoms with Crippen LogP contribution < -0.4 is 16.4 Å². The molecular weight excluding hydrogens is 268 g/mol. The summed E-state index contributed by atoms with van der Waals surface area (Å²) < 4.78 is 0. The Morgan fingerprint density at radius 3 is 2.71 bits per heavy atom. The summed E-state index contributed by atoms with van der Waals surface area (Å²) in [6, 6.07) is 6.59. The van der Waals surface area contributed by atoms with Crippen LogP contribution in [0.2, 0.25) is 0 Å². The molecule has 0 saturated carbocycles. The number of carbonyl (C=O) groups is 2. The lowest BCUT2D eigenvalue weighted by Gasteiger charge is -2.15. The normalized spacial score (nSPS) is 13.7. The van der Waals surface area contributed by atoms with Gasteiger partial charge in [0, 0.05) is 23.6 Å². The second-order valence-corrected chi connectivity index (χ2v) is 5.09. The van der Waals surface area contributed by atoms with Crippen molar-refractivity contribution in [3.8, 4) is 0 Å². The maximum atomic E-state index is 12.0. The molecule has 0 saturated heterocycles. The van der Waals surface area contributed by atoms with E-state index in [1.165, 1.54) is 0 Å². The van der Waals surface area contributed by atoms with Crippen LogP contribution in [0.25, 0.3) is 10.9 Å². The SMILES string of the molecule is CC(N)C(=O)NC(C)C(=O)NCc1cccc2[nH]ccc12. The number of H-pyrrole nitrogens is 1. The van der Waals surface area contributed by atoms with Crippen LogP contribution in [0.4, 0.5) is 0 Å². The predicted molar refractivity (Wildman–Crippen MR) is 81.4 cm³/mol. The summed E-state index contributed by atoms with van der Waals surface area (Å²) in [5.41, 5.74) is 7.50. The fourth-order valence-corrected chi connectivity index (χ4v) is 2.05. The Morgan fingerprint density at radius 1 is 1.24 bits per heavy atom. The lowest BCUT2D eigenvalue weighted by molar-refractivity contribution is -0.129. The number of aromatic nitrogens is 1. The molecule has 5 N–H and O–H groups in total. The number of hydrogen-bond acceptors (Lipinski definition) is 3. The number of benzene rings is 1. The summed E-state index contributed by atoms with van der Waals surface area (Å²) in [5.74, 6) is -0.582. The number of aromatic amines is 1. The number of fused-ring (bicyclic) bond motifs is 1. The molecule has 6 heteroatoms. The van der Waals surface area contributed by atoms with Gasteiger partial charge < -0.3 is 21.4 Å². The van der Waals surface area contributed by atoms with Gasteiger partial charge in [-0.15, -0.1) is 0 Å². The van der Waals surface area contributed by atoms with Crippen molar-refractivity contribution < 1.29 is 9.59 Å². The lowest BCUT2D eigenvalue weighted by atomic mass is 10.1. The first-order valence-corrected chi connectivity index (χ1v) is 6.87. The molecule has 0 spiro atoms. The summed E-state index contributed by atoms with van der Waals surface area (Å²) in [5, 5.41) is 6.46. The molecule has 1 heterocycles. The van der Waals surface area contributed by atoms with E-state index in [-0.39, 0.29) is 11.8 Å². The Morgan fingerprint density at radius 2 is 2.00 bits per heavy atom. The van der Waals surface area contributed by atoms with Crippen LogP contribution in [0.3, 0.4) is 0 Å². The highest BCUT2D eigenvalue weighted by molar-refractivity contribution is 5.89. The number of carbonyl (C=O) groups excluding carboxylic acids is 2. The lowest BCUT2D eigenvalue weighted by Crippen LogP contribution is -2.49. The Kier molecular flexibility index (Phi) is 4.59. The molecule has 0 aliphatic carbocycles. The zero-order valence-corrected chi connectivity index (χ0v) is 12.1. The monoisotopic (exact) mass is 288 g/mol. The van der Waals surface area contributed by atoms with Gasteiger partial charge in [0.05, 0.1) is 6.04 Å². The maximum absolute atomic E-state index is 12.0. The fraction of sp³-hybridized carbons (Fsp3) is 0.333. The van der Waals surface area contributed by atoms with Gasteiger partial charge in [-0.1, -0.05) is 12.1 Å². The molecule has 6 nitrogen and oxygen atoms in total. The first kappa shape index (κ1) is 15.1. The molecule has 2 rings (SSSR count). The highest BCUT2D eigenvalue weighted by Gasteiger charge is 2.17. The van der Waals surface area contributed by atoms with Gasteiger partial charge in [0.25, 0.3) is 0 Å². The average molecular weight is 288 g/mol. The highest BCUT2D eigenvalue weighted by atomic mass is 16.2.